The van der Waals surface area contributed by atoms with E-state index in [4.69, 9.17) is 9.47 Å². The number of hydrogen-bond donors (Lipinski definition) is 1. The van der Waals surface area contributed by atoms with Gasteiger partial charge in [-0.2, -0.15) is 0 Å². The first-order valence-corrected chi connectivity index (χ1v) is 6.77. The molecule has 1 aromatic carbocycles. The summed E-state index contributed by atoms with van der Waals surface area (Å²) in [6, 6.07) is 8.25. The molecule has 1 aromatic rings. The molecule has 0 aliphatic carbocycles. The molecule has 0 aliphatic heterocycles. The van der Waals surface area contributed by atoms with E-state index in [-0.39, 0.29) is 0 Å². The summed E-state index contributed by atoms with van der Waals surface area (Å²) in [5.41, 5.74) is 1.33. The maximum absolute atomic E-state index is 5.14. The Balaban J connectivity index is 2.06. The highest BCUT2D eigenvalue weighted by atomic mass is 16.5. The number of benzene rings is 1. The standard InChI is InChI=1S/C15H26N2O2/c1-17(12-13-18-2)11-10-16-9-8-14-4-6-15(19-3)7-5-14/h4-7,16H,8-13H2,1-3H3. The molecule has 0 saturated carbocycles. The Labute approximate surface area is 116 Å². The molecule has 0 heterocycles. The van der Waals surface area contributed by atoms with Crippen molar-refractivity contribution in [3.8, 4) is 5.75 Å². The molecule has 0 aromatic heterocycles. The number of methoxy groups -OCH3 is 2. The molecule has 1 rings (SSSR count). The number of nitrogens with zero attached hydrogens (tertiary/aromatic N) is 1. The van der Waals surface area contributed by atoms with Gasteiger partial charge in [-0.25, -0.2) is 0 Å². The van der Waals surface area contributed by atoms with E-state index in [9.17, 15) is 0 Å². The molecular formula is C15H26N2O2. The number of nitrogens with one attached hydrogen (secondary N) is 1. The second-order valence-electron chi connectivity index (χ2n) is 4.64. The minimum absolute atomic E-state index is 0.794. The highest BCUT2D eigenvalue weighted by Gasteiger charge is 1.98. The van der Waals surface area contributed by atoms with E-state index < -0.39 is 0 Å². The van der Waals surface area contributed by atoms with Crippen LogP contribution in [0.1, 0.15) is 5.56 Å². The van der Waals surface area contributed by atoms with Crippen LogP contribution in [-0.4, -0.2) is 59.0 Å². The van der Waals surface area contributed by atoms with Gasteiger partial charge in [-0.3, -0.25) is 0 Å². The molecule has 0 unspecified atom stereocenters. The lowest BCUT2D eigenvalue weighted by Crippen LogP contribution is -2.32. The first-order valence-electron chi connectivity index (χ1n) is 6.77. The normalized spacial score (nSPS) is 10.9. The zero-order valence-corrected chi connectivity index (χ0v) is 12.3. The van der Waals surface area contributed by atoms with Gasteiger partial charge in [0.1, 0.15) is 5.75 Å². The molecule has 0 radical (unpaired) electrons. The fourth-order valence-electron chi connectivity index (χ4n) is 1.78. The lowest BCUT2D eigenvalue weighted by Gasteiger charge is -2.16. The maximum atomic E-state index is 5.14. The van der Waals surface area contributed by atoms with Crippen LogP contribution in [0.4, 0.5) is 0 Å². The summed E-state index contributed by atoms with van der Waals surface area (Å²) in [7, 11) is 5.54. The quantitative estimate of drug-likeness (QED) is 0.649. The van der Waals surface area contributed by atoms with Crippen LogP contribution >= 0.6 is 0 Å². The minimum Gasteiger partial charge on any atom is -0.497 e. The summed E-state index contributed by atoms with van der Waals surface area (Å²) >= 11 is 0. The zero-order chi connectivity index (χ0) is 13.9. The smallest absolute Gasteiger partial charge is 0.118 e. The van der Waals surface area contributed by atoms with Crippen LogP contribution in [0.3, 0.4) is 0 Å². The van der Waals surface area contributed by atoms with Crippen molar-refractivity contribution in [2.75, 3.05) is 54.1 Å². The van der Waals surface area contributed by atoms with Crippen molar-refractivity contribution in [3.63, 3.8) is 0 Å². The van der Waals surface area contributed by atoms with Crippen LogP contribution in [0.15, 0.2) is 24.3 Å². The van der Waals surface area contributed by atoms with Crippen LogP contribution in [0.25, 0.3) is 0 Å². The van der Waals surface area contributed by atoms with Crippen molar-refractivity contribution in [1.29, 1.82) is 0 Å². The molecule has 0 aliphatic rings. The molecule has 4 nitrogen and oxygen atoms in total. The third kappa shape index (κ3) is 7.15. The average Bonchev–Trinajstić information content (AvgIpc) is 2.45. The van der Waals surface area contributed by atoms with E-state index in [1.807, 2.05) is 12.1 Å². The predicted octanol–water partition coefficient (Wildman–Crippen LogP) is 1.41. The monoisotopic (exact) mass is 266 g/mol. The Morgan fingerprint density at radius 1 is 1.05 bits per heavy atom. The molecule has 0 spiro atoms. The fourth-order valence-corrected chi connectivity index (χ4v) is 1.78. The molecule has 0 saturated heterocycles. The van der Waals surface area contributed by atoms with Gasteiger partial charge < -0.3 is 19.7 Å². The van der Waals surface area contributed by atoms with Crippen molar-refractivity contribution in [2.45, 2.75) is 6.42 Å². The van der Waals surface area contributed by atoms with E-state index in [0.717, 1.165) is 45.0 Å². The van der Waals surface area contributed by atoms with Gasteiger partial charge in [0, 0.05) is 26.7 Å². The van der Waals surface area contributed by atoms with Gasteiger partial charge in [-0.1, -0.05) is 12.1 Å². The SMILES string of the molecule is COCCN(C)CCNCCc1ccc(OC)cc1. The number of likely N-dealkylation sites (N-methyl/N-ethyl adjacent to an activating group) is 1. The third-order valence-electron chi connectivity index (χ3n) is 3.10. The first kappa shape index (κ1) is 16.0. The molecule has 1 N–H and O–H groups in total. The molecular weight excluding hydrogens is 240 g/mol. The second-order valence-corrected chi connectivity index (χ2v) is 4.64. The summed E-state index contributed by atoms with van der Waals surface area (Å²) in [5.74, 6) is 0.913. The number of hydrogen-bond acceptors (Lipinski definition) is 4. The fraction of sp³-hybridized carbons (Fsp3) is 0.600. The lowest BCUT2D eigenvalue weighted by molar-refractivity contribution is 0.161. The highest BCUT2D eigenvalue weighted by Crippen LogP contribution is 2.11. The number of ether oxygens (including phenoxy) is 2. The Kier molecular flexibility index (Phi) is 8.21. The molecule has 4 heteroatoms. The Morgan fingerprint density at radius 2 is 1.79 bits per heavy atom. The number of rotatable bonds is 10. The minimum atomic E-state index is 0.794. The van der Waals surface area contributed by atoms with Crippen molar-refractivity contribution in [2.24, 2.45) is 0 Å². The summed E-state index contributed by atoms with van der Waals surface area (Å²) < 4.78 is 10.2. The molecule has 0 amide bonds. The van der Waals surface area contributed by atoms with Gasteiger partial charge in [0.25, 0.3) is 0 Å². The predicted molar refractivity (Wildman–Crippen MR) is 78.9 cm³/mol. The largest absolute Gasteiger partial charge is 0.497 e. The van der Waals surface area contributed by atoms with Gasteiger partial charge in [0.2, 0.25) is 0 Å². The third-order valence-corrected chi connectivity index (χ3v) is 3.10. The summed E-state index contributed by atoms with van der Waals surface area (Å²) in [5, 5.41) is 3.46. The van der Waals surface area contributed by atoms with E-state index >= 15 is 0 Å². The highest BCUT2D eigenvalue weighted by molar-refractivity contribution is 5.27. The van der Waals surface area contributed by atoms with Gasteiger partial charge in [-0.05, 0) is 37.7 Å². The molecule has 0 atom stereocenters. The van der Waals surface area contributed by atoms with Gasteiger partial charge in [0.15, 0.2) is 0 Å². The van der Waals surface area contributed by atoms with Crippen LogP contribution in [0, 0.1) is 0 Å². The van der Waals surface area contributed by atoms with Gasteiger partial charge in [0.05, 0.1) is 13.7 Å². The first-order chi connectivity index (χ1) is 9.26. The Bertz CT molecular complexity index is 327. The van der Waals surface area contributed by atoms with E-state index in [0.29, 0.717) is 0 Å². The second kappa shape index (κ2) is 9.78. The van der Waals surface area contributed by atoms with Crippen LogP contribution < -0.4 is 10.1 Å². The van der Waals surface area contributed by atoms with Gasteiger partial charge in [-0.15, -0.1) is 0 Å². The van der Waals surface area contributed by atoms with Gasteiger partial charge >= 0.3 is 0 Å². The lowest BCUT2D eigenvalue weighted by atomic mass is 10.1. The van der Waals surface area contributed by atoms with Crippen LogP contribution in [0.2, 0.25) is 0 Å². The van der Waals surface area contributed by atoms with Crippen molar-refractivity contribution in [1.82, 2.24) is 10.2 Å². The average molecular weight is 266 g/mol. The Hall–Kier alpha value is -1.10. The molecule has 108 valence electrons. The summed E-state index contributed by atoms with van der Waals surface area (Å²) in [6.07, 6.45) is 1.05. The zero-order valence-electron chi connectivity index (χ0n) is 12.3. The van der Waals surface area contributed by atoms with Crippen molar-refractivity contribution < 1.29 is 9.47 Å². The topological polar surface area (TPSA) is 33.7 Å². The maximum Gasteiger partial charge on any atom is 0.118 e. The van der Waals surface area contributed by atoms with Crippen LogP contribution in [-0.2, 0) is 11.2 Å². The molecule has 0 bridgehead atoms. The molecule has 19 heavy (non-hydrogen) atoms. The van der Waals surface area contributed by atoms with E-state index in [1.54, 1.807) is 14.2 Å². The summed E-state index contributed by atoms with van der Waals surface area (Å²) in [6.45, 7) is 4.84. The van der Waals surface area contributed by atoms with Crippen LogP contribution in [0.5, 0.6) is 5.75 Å². The molecule has 0 fully saturated rings. The van der Waals surface area contributed by atoms with Crippen molar-refractivity contribution in [3.05, 3.63) is 29.8 Å². The van der Waals surface area contributed by atoms with E-state index in [2.05, 4.69) is 29.4 Å². The summed E-state index contributed by atoms with van der Waals surface area (Å²) in [4.78, 5) is 2.27. The van der Waals surface area contributed by atoms with E-state index in [1.165, 1.54) is 5.56 Å². The Morgan fingerprint density at radius 3 is 2.42 bits per heavy atom. The van der Waals surface area contributed by atoms with Crippen molar-refractivity contribution >= 4 is 0 Å².